The molecule has 0 unspecified atom stereocenters. The van der Waals surface area contributed by atoms with E-state index in [0.29, 0.717) is 19.8 Å². The summed E-state index contributed by atoms with van der Waals surface area (Å²) < 4.78 is 12.0. The molecule has 3 rings (SSSR count). The van der Waals surface area contributed by atoms with Crippen LogP contribution in [0.25, 0.3) is 0 Å². The van der Waals surface area contributed by atoms with Crippen molar-refractivity contribution in [1.82, 2.24) is 4.90 Å². The van der Waals surface area contributed by atoms with E-state index in [1.165, 1.54) is 0 Å². The molecule has 1 amide bonds. The van der Waals surface area contributed by atoms with Crippen molar-refractivity contribution in [3.8, 4) is 11.5 Å². The van der Waals surface area contributed by atoms with Crippen LogP contribution in [0, 0.1) is 3.57 Å². The van der Waals surface area contributed by atoms with Gasteiger partial charge in [0.25, 0.3) is 5.91 Å². The standard InChI is InChI=1S/C17H16INO3/c1-19(17(20)13-4-2-3-5-14(13)18)11-12-6-7-15-16(10-12)22-9-8-21-15/h2-7,10H,8-9,11H2,1H3. The topological polar surface area (TPSA) is 38.8 Å². The molecule has 0 aromatic heterocycles. The third-order valence-electron chi connectivity index (χ3n) is 3.48. The maximum absolute atomic E-state index is 12.5. The summed E-state index contributed by atoms with van der Waals surface area (Å²) in [7, 11) is 1.81. The van der Waals surface area contributed by atoms with Gasteiger partial charge in [-0.3, -0.25) is 4.79 Å². The minimum Gasteiger partial charge on any atom is -0.486 e. The second-order valence-corrected chi connectivity index (χ2v) is 6.28. The summed E-state index contributed by atoms with van der Waals surface area (Å²) in [6.07, 6.45) is 0. The van der Waals surface area contributed by atoms with E-state index >= 15 is 0 Å². The number of nitrogens with zero attached hydrogens (tertiary/aromatic N) is 1. The molecule has 22 heavy (non-hydrogen) atoms. The van der Waals surface area contributed by atoms with E-state index in [2.05, 4.69) is 22.6 Å². The molecule has 0 saturated carbocycles. The van der Waals surface area contributed by atoms with Gasteiger partial charge >= 0.3 is 0 Å². The molecule has 0 N–H and O–H groups in total. The zero-order valence-electron chi connectivity index (χ0n) is 12.2. The van der Waals surface area contributed by atoms with Crippen molar-refractivity contribution in [3.05, 3.63) is 57.2 Å². The number of amides is 1. The van der Waals surface area contributed by atoms with Crippen LogP contribution in [0.3, 0.4) is 0 Å². The van der Waals surface area contributed by atoms with Crippen molar-refractivity contribution in [3.63, 3.8) is 0 Å². The Bertz CT molecular complexity index is 702. The Labute approximate surface area is 143 Å². The molecular weight excluding hydrogens is 393 g/mol. The second kappa shape index (κ2) is 6.56. The fourth-order valence-electron chi connectivity index (χ4n) is 2.37. The monoisotopic (exact) mass is 409 g/mol. The molecule has 4 nitrogen and oxygen atoms in total. The van der Waals surface area contributed by atoms with E-state index in [1.807, 2.05) is 49.5 Å². The molecule has 1 aliphatic heterocycles. The Morgan fingerprint density at radius 1 is 1.14 bits per heavy atom. The summed E-state index contributed by atoms with van der Waals surface area (Å²) in [5.74, 6) is 1.53. The first-order chi connectivity index (χ1) is 10.6. The molecule has 0 aliphatic carbocycles. The van der Waals surface area contributed by atoms with Crippen LogP contribution in [-0.2, 0) is 6.54 Å². The number of fused-ring (bicyclic) bond motifs is 1. The minimum atomic E-state index is 0.0138. The van der Waals surface area contributed by atoms with Crippen LogP contribution < -0.4 is 9.47 Å². The summed E-state index contributed by atoms with van der Waals surface area (Å²) in [6, 6.07) is 13.4. The fourth-order valence-corrected chi connectivity index (χ4v) is 2.99. The van der Waals surface area contributed by atoms with Crippen LogP contribution in [0.2, 0.25) is 0 Å². The number of halogens is 1. The summed E-state index contributed by atoms with van der Waals surface area (Å²) in [6.45, 7) is 1.67. The molecule has 0 spiro atoms. The molecule has 1 heterocycles. The highest BCUT2D eigenvalue weighted by Crippen LogP contribution is 2.31. The largest absolute Gasteiger partial charge is 0.486 e. The molecule has 0 fully saturated rings. The molecular formula is C17H16INO3. The lowest BCUT2D eigenvalue weighted by atomic mass is 10.1. The first-order valence-electron chi connectivity index (χ1n) is 7.03. The first kappa shape index (κ1) is 15.1. The number of carbonyl (C=O) groups is 1. The maximum Gasteiger partial charge on any atom is 0.254 e. The van der Waals surface area contributed by atoms with Gasteiger partial charge in [0.2, 0.25) is 0 Å². The molecule has 0 radical (unpaired) electrons. The van der Waals surface area contributed by atoms with Crippen molar-refractivity contribution in [2.24, 2.45) is 0 Å². The van der Waals surface area contributed by atoms with Gasteiger partial charge in [0.15, 0.2) is 11.5 Å². The summed E-state index contributed by atoms with van der Waals surface area (Å²) >= 11 is 2.18. The van der Waals surface area contributed by atoms with Crippen LogP contribution >= 0.6 is 22.6 Å². The van der Waals surface area contributed by atoms with E-state index in [4.69, 9.17) is 9.47 Å². The predicted molar refractivity (Wildman–Crippen MR) is 92.4 cm³/mol. The van der Waals surface area contributed by atoms with Crippen LogP contribution in [0.15, 0.2) is 42.5 Å². The van der Waals surface area contributed by atoms with Gasteiger partial charge in [-0.15, -0.1) is 0 Å². The fraction of sp³-hybridized carbons (Fsp3) is 0.235. The maximum atomic E-state index is 12.5. The van der Waals surface area contributed by atoms with Crippen LogP contribution in [0.1, 0.15) is 15.9 Å². The van der Waals surface area contributed by atoms with Gasteiger partial charge in [-0.05, 0) is 52.4 Å². The quantitative estimate of drug-likeness (QED) is 0.731. The number of hydrogen-bond acceptors (Lipinski definition) is 3. The highest BCUT2D eigenvalue weighted by atomic mass is 127. The van der Waals surface area contributed by atoms with Gasteiger partial charge in [0, 0.05) is 17.2 Å². The van der Waals surface area contributed by atoms with Gasteiger partial charge in [-0.25, -0.2) is 0 Å². The van der Waals surface area contributed by atoms with Gasteiger partial charge in [0.05, 0.1) is 5.56 Å². The SMILES string of the molecule is CN(Cc1ccc2c(c1)OCCO2)C(=O)c1ccccc1I. The zero-order valence-corrected chi connectivity index (χ0v) is 14.4. The van der Waals surface area contributed by atoms with Crippen molar-refractivity contribution in [1.29, 1.82) is 0 Å². The highest BCUT2D eigenvalue weighted by Gasteiger charge is 2.16. The molecule has 114 valence electrons. The molecule has 2 aromatic rings. The van der Waals surface area contributed by atoms with Crippen LogP contribution in [0.5, 0.6) is 11.5 Å². The van der Waals surface area contributed by atoms with E-state index in [1.54, 1.807) is 4.90 Å². The van der Waals surface area contributed by atoms with Gasteiger partial charge in [-0.2, -0.15) is 0 Å². The van der Waals surface area contributed by atoms with E-state index in [0.717, 1.165) is 26.2 Å². The smallest absolute Gasteiger partial charge is 0.254 e. The Balaban J connectivity index is 1.75. The third-order valence-corrected chi connectivity index (χ3v) is 4.42. The molecule has 0 saturated heterocycles. The summed E-state index contributed by atoms with van der Waals surface area (Å²) in [5, 5.41) is 0. The van der Waals surface area contributed by atoms with E-state index in [-0.39, 0.29) is 5.91 Å². The second-order valence-electron chi connectivity index (χ2n) is 5.12. The molecule has 0 atom stereocenters. The lowest BCUT2D eigenvalue weighted by molar-refractivity contribution is 0.0783. The van der Waals surface area contributed by atoms with Crippen LogP contribution in [0.4, 0.5) is 0 Å². The van der Waals surface area contributed by atoms with Crippen molar-refractivity contribution >= 4 is 28.5 Å². The minimum absolute atomic E-state index is 0.0138. The number of rotatable bonds is 3. The lowest BCUT2D eigenvalue weighted by Gasteiger charge is -2.21. The average molecular weight is 409 g/mol. The first-order valence-corrected chi connectivity index (χ1v) is 8.11. The summed E-state index contributed by atoms with van der Waals surface area (Å²) in [5.41, 5.74) is 1.74. The highest BCUT2D eigenvalue weighted by molar-refractivity contribution is 14.1. The predicted octanol–water partition coefficient (Wildman–Crippen LogP) is 3.33. The van der Waals surface area contributed by atoms with Gasteiger partial charge in [-0.1, -0.05) is 18.2 Å². The number of benzene rings is 2. The Kier molecular flexibility index (Phi) is 4.52. The Morgan fingerprint density at radius 3 is 2.64 bits per heavy atom. The lowest BCUT2D eigenvalue weighted by Crippen LogP contribution is -2.27. The van der Waals surface area contributed by atoms with Crippen molar-refractivity contribution < 1.29 is 14.3 Å². The Hall–Kier alpha value is -1.76. The summed E-state index contributed by atoms with van der Waals surface area (Å²) in [4.78, 5) is 14.2. The van der Waals surface area contributed by atoms with Crippen molar-refractivity contribution in [2.45, 2.75) is 6.54 Å². The Morgan fingerprint density at radius 2 is 1.86 bits per heavy atom. The van der Waals surface area contributed by atoms with E-state index in [9.17, 15) is 4.79 Å². The molecule has 2 aromatic carbocycles. The molecule has 5 heteroatoms. The van der Waals surface area contributed by atoms with Crippen molar-refractivity contribution in [2.75, 3.05) is 20.3 Å². The van der Waals surface area contributed by atoms with Crippen LogP contribution in [-0.4, -0.2) is 31.1 Å². The van der Waals surface area contributed by atoms with E-state index < -0.39 is 0 Å². The normalized spacial score (nSPS) is 12.8. The third kappa shape index (κ3) is 3.19. The molecule has 0 bridgehead atoms. The zero-order chi connectivity index (χ0) is 15.5. The molecule has 1 aliphatic rings. The van der Waals surface area contributed by atoms with Gasteiger partial charge in [0.1, 0.15) is 13.2 Å². The van der Waals surface area contributed by atoms with Gasteiger partial charge < -0.3 is 14.4 Å². The number of hydrogen-bond donors (Lipinski definition) is 0. The number of carbonyl (C=O) groups excluding carboxylic acids is 1. The number of ether oxygens (including phenoxy) is 2. The average Bonchev–Trinajstić information content (AvgIpc) is 2.54.